The summed E-state index contributed by atoms with van der Waals surface area (Å²) in [6, 6.07) is 7.23. The van der Waals surface area contributed by atoms with Crippen molar-refractivity contribution in [2.75, 3.05) is 13.1 Å². The van der Waals surface area contributed by atoms with Crippen LogP contribution in [0.2, 0.25) is 5.02 Å². The molecule has 0 radical (unpaired) electrons. The molecule has 0 heterocycles. The molecule has 0 fully saturated rings. The Kier molecular flexibility index (Phi) is 7.78. The second-order valence-corrected chi connectivity index (χ2v) is 8.50. The molecule has 4 nitrogen and oxygen atoms in total. The zero-order valence-corrected chi connectivity index (χ0v) is 16.8. The van der Waals surface area contributed by atoms with Crippen LogP contribution in [0.3, 0.4) is 0 Å². The van der Waals surface area contributed by atoms with Gasteiger partial charge in [-0.25, -0.2) is 13.1 Å². The Balaban J connectivity index is 1.98. The molecule has 0 aromatic heterocycles. The summed E-state index contributed by atoms with van der Waals surface area (Å²) in [4.78, 5) is -1.10. The Morgan fingerprint density at radius 3 is 1.87 bits per heavy atom. The van der Waals surface area contributed by atoms with Gasteiger partial charge in [0, 0.05) is 18.1 Å². The van der Waals surface area contributed by atoms with Crippen molar-refractivity contribution in [3.8, 4) is 0 Å². The average molecular weight is 475 g/mol. The van der Waals surface area contributed by atoms with E-state index in [1.807, 2.05) is 4.72 Å². The van der Waals surface area contributed by atoms with E-state index in [-0.39, 0.29) is 31.2 Å². The second kappa shape index (κ2) is 9.54. The third-order valence-corrected chi connectivity index (χ3v) is 5.63. The fourth-order valence-electron chi connectivity index (χ4n) is 2.42. The molecule has 12 heteroatoms. The maximum Gasteiger partial charge on any atom is 0.416 e. The molecule has 0 saturated carbocycles. The molecular formula is C18H17ClF6N2O2S. The van der Waals surface area contributed by atoms with E-state index >= 15 is 0 Å². The molecule has 0 saturated heterocycles. The summed E-state index contributed by atoms with van der Waals surface area (Å²) in [5.74, 6) is 0. The predicted molar refractivity (Wildman–Crippen MR) is 99.4 cm³/mol. The summed E-state index contributed by atoms with van der Waals surface area (Å²) in [5, 5.41) is 3.61. The van der Waals surface area contributed by atoms with Gasteiger partial charge in [-0.15, -0.1) is 0 Å². The molecular weight excluding hydrogens is 458 g/mol. The van der Waals surface area contributed by atoms with Gasteiger partial charge < -0.3 is 5.32 Å². The highest BCUT2D eigenvalue weighted by Crippen LogP contribution is 2.37. The van der Waals surface area contributed by atoms with Gasteiger partial charge in [-0.1, -0.05) is 23.7 Å². The topological polar surface area (TPSA) is 58.2 Å². The van der Waals surface area contributed by atoms with Crippen LogP contribution in [0.1, 0.15) is 23.1 Å². The molecule has 30 heavy (non-hydrogen) atoms. The quantitative estimate of drug-likeness (QED) is 0.425. The van der Waals surface area contributed by atoms with Crippen molar-refractivity contribution in [2.24, 2.45) is 0 Å². The van der Waals surface area contributed by atoms with Crippen LogP contribution in [-0.2, 0) is 28.9 Å². The summed E-state index contributed by atoms with van der Waals surface area (Å²) < 4.78 is 104. The first-order valence-electron chi connectivity index (χ1n) is 8.53. The molecule has 0 atom stereocenters. The van der Waals surface area contributed by atoms with Gasteiger partial charge in [-0.3, -0.25) is 0 Å². The molecule has 2 aromatic rings. The van der Waals surface area contributed by atoms with Crippen LogP contribution in [0.15, 0.2) is 47.4 Å². The lowest BCUT2D eigenvalue weighted by Gasteiger charge is -2.15. The SMILES string of the molecule is O=S(=O)(NCCCNCc1ccc(Cl)cc1)c1cc(C(F)(F)F)cc(C(F)(F)F)c1. The third-order valence-electron chi connectivity index (χ3n) is 3.94. The number of hydrogen-bond acceptors (Lipinski definition) is 3. The molecule has 0 aliphatic rings. The molecule has 0 bridgehead atoms. The van der Waals surface area contributed by atoms with Crippen LogP contribution in [-0.4, -0.2) is 21.5 Å². The van der Waals surface area contributed by atoms with Gasteiger partial charge >= 0.3 is 12.4 Å². The van der Waals surface area contributed by atoms with Gasteiger partial charge in [0.05, 0.1) is 16.0 Å². The highest BCUT2D eigenvalue weighted by Gasteiger charge is 2.38. The van der Waals surface area contributed by atoms with Crippen LogP contribution >= 0.6 is 11.6 Å². The number of halogens is 7. The van der Waals surface area contributed by atoms with Crippen LogP contribution < -0.4 is 10.0 Å². The van der Waals surface area contributed by atoms with Crippen molar-refractivity contribution in [1.82, 2.24) is 10.0 Å². The fourth-order valence-corrected chi connectivity index (χ4v) is 3.69. The Labute approximate surface area is 174 Å². The van der Waals surface area contributed by atoms with Crippen molar-refractivity contribution in [3.63, 3.8) is 0 Å². The summed E-state index contributed by atoms with van der Waals surface area (Å²) in [6.07, 6.45) is -9.99. The van der Waals surface area contributed by atoms with Crippen molar-refractivity contribution in [1.29, 1.82) is 0 Å². The van der Waals surface area contributed by atoms with Crippen molar-refractivity contribution in [3.05, 3.63) is 64.2 Å². The van der Waals surface area contributed by atoms with E-state index in [9.17, 15) is 34.8 Å². The zero-order chi connectivity index (χ0) is 22.6. The van der Waals surface area contributed by atoms with E-state index in [2.05, 4.69) is 5.32 Å². The Morgan fingerprint density at radius 1 is 0.833 bits per heavy atom. The molecule has 2 aromatic carbocycles. The largest absolute Gasteiger partial charge is 0.416 e. The molecule has 2 N–H and O–H groups in total. The molecule has 2 rings (SSSR count). The summed E-state index contributed by atoms with van der Waals surface area (Å²) in [7, 11) is -4.56. The summed E-state index contributed by atoms with van der Waals surface area (Å²) >= 11 is 5.77. The first-order valence-corrected chi connectivity index (χ1v) is 10.4. The molecule has 0 aliphatic carbocycles. The smallest absolute Gasteiger partial charge is 0.313 e. The molecule has 0 spiro atoms. The van der Waals surface area contributed by atoms with E-state index in [1.54, 1.807) is 24.3 Å². The fraction of sp³-hybridized carbons (Fsp3) is 0.333. The lowest BCUT2D eigenvalue weighted by Crippen LogP contribution is -2.28. The molecule has 0 amide bonds. The van der Waals surface area contributed by atoms with Crippen molar-refractivity contribution >= 4 is 21.6 Å². The first-order chi connectivity index (χ1) is 13.8. The standard InChI is InChI=1S/C18H17ClF6N2O2S/c19-15-4-2-12(3-5-15)11-26-6-1-7-27-30(28,29)16-9-13(17(20,21)22)8-14(10-16)18(23,24)25/h2-5,8-10,26-27H,1,6-7,11H2. The number of rotatable bonds is 8. The number of benzene rings is 2. The Hall–Kier alpha value is -1.82. The normalized spacial score (nSPS) is 12.9. The number of alkyl halides is 6. The first kappa shape index (κ1) is 24.4. The highest BCUT2D eigenvalue weighted by molar-refractivity contribution is 7.89. The van der Waals surface area contributed by atoms with E-state index in [0.29, 0.717) is 18.1 Å². The van der Waals surface area contributed by atoms with Crippen LogP contribution in [0.25, 0.3) is 0 Å². The van der Waals surface area contributed by atoms with E-state index in [0.717, 1.165) is 5.56 Å². The van der Waals surface area contributed by atoms with Gasteiger partial charge in [0.2, 0.25) is 10.0 Å². The van der Waals surface area contributed by atoms with Crippen molar-refractivity contribution < 1.29 is 34.8 Å². The maximum atomic E-state index is 12.9. The highest BCUT2D eigenvalue weighted by atomic mass is 35.5. The maximum absolute atomic E-state index is 12.9. The van der Waals surface area contributed by atoms with Gasteiger partial charge in [-0.05, 0) is 48.9 Å². The molecule has 0 unspecified atom stereocenters. The lowest BCUT2D eigenvalue weighted by atomic mass is 10.1. The second-order valence-electron chi connectivity index (χ2n) is 6.30. The third kappa shape index (κ3) is 7.15. The van der Waals surface area contributed by atoms with Crippen LogP contribution in [0, 0.1) is 0 Å². The minimum absolute atomic E-state index is 0.125. The van der Waals surface area contributed by atoms with E-state index in [4.69, 9.17) is 11.6 Å². The number of nitrogens with one attached hydrogen (secondary N) is 2. The van der Waals surface area contributed by atoms with Gasteiger partial charge in [-0.2, -0.15) is 26.3 Å². The lowest BCUT2D eigenvalue weighted by molar-refractivity contribution is -0.143. The average Bonchev–Trinajstić information content (AvgIpc) is 2.64. The Morgan fingerprint density at radius 2 is 1.37 bits per heavy atom. The summed E-state index contributed by atoms with van der Waals surface area (Å²) in [5.41, 5.74) is -2.45. The minimum Gasteiger partial charge on any atom is -0.313 e. The van der Waals surface area contributed by atoms with E-state index in [1.165, 1.54) is 0 Å². The zero-order valence-electron chi connectivity index (χ0n) is 15.2. The molecule has 166 valence electrons. The Bertz CT molecular complexity index is 928. The number of sulfonamides is 1. The molecule has 0 aliphatic heterocycles. The van der Waals surface area contributed by atoms with Crippen LogP contribution in [0.5, 0.6) is 0 Å². The number of hydrogen-bond donors (Lipinski definition) is 2. The van der Waals surface area contributed by atoms with E-state index < -0.39 is 38.4 Å². The van der Waals surface area contributed by atoms with Gasteiger partial charge in [0.15, 0.2) is 0 Å². The van der Waals surface area contributed by atoms with Crippen molar-refractivity contribution in [2.45, 2.75) is 30.2 Å². The monoisotopic (exact) mass is 474 g/mol. The van der Waals surface area contributed by atoms with Crippen LogP contribution in [0.4, 0.5) is 26.3 Å². The van der Waals surface area contributed by atoms with Gasteiger partial charge in [0.1, 0.15) is 0 Å². The predicted octanol–water partition coefficient (Wildman–Crippen LogP) is 4.84. The van der Waals surface area contributed by atoms with Gasteiger partial charge in [0.25, 0.3) is 0 Å². The summed E-state index contributed by atoms with van der Waals surface area (Å²) in [6.45, 7) is 0.668. The minimum atomic E-state index is -5.13.